The Balaban J connectivity index is 3.01. The average molecular weight is 163 g/mol. The summed E-state index contributed by atoms with van der Waals surface area (Å²) in [5.41, 5.74) is 6.61. The largest absolute Gasteiger partial charge is 0.364 e. The smallest absolute Gasteiger partial charge is 0.268 e. The van der Waals surface area contributed by atoms with Gasteiger partial charge in [0.1, 0.15) is 5.69 Å². The number of carbonyl (C=O) groups is 1. The lowest BCUT2D eigenvalue weighted by Crippen LogP contribution is -2.13. The molecule has 0 aliphatic carbocycles. The average Bonchev–Trinajstić information content (AvgIpc) is 2.04. The molecule has 0 unspecified atom stereocenters. The van der Waals surface area contributed by atoms with E-state index in [-0.39, 0.29) is 5.69 Å². The standard InChI is InChI=1S/C8H9N3O/c1-5(2)6-3-11-7(4-10-6)8(9)12/h3-4H,1H2,2H3,(H2,9,12). The fourth-order valence-electron chi connectivity index (χ4n) is 0.676. The predicted octanol–water partition coefficient (Wildman–Crippen LogP) is 0.609. The van der Waals surface area contributed by atoms with Gasteiger partial charge in [-0.1, -0.05) is 6.58 Å². The summed E-state index contributed by atoms with van der Waals surface area (Å²) in [5, 5.41) is 0. The van der Waals surface area contributed by atoms with Crippen LogP contribution in [0.4, 0.5) is 0 Å². The maximum absolute atomic E-state index is 10.6. The Morgan fingerprint density at radius 2 is 1.92 bits per heavy atom. The molecule has 0 saturated carbocycles. The van der Waals surface area contributed by atoms with Crippen LogP contribution in [0, 0.1) is 0 Å². The van der Waals surface area contributed by atoms with Crippen molar-refractivity contribution in [3.63, 3.8) is 0 Å². The van der Waals surface area contributed by atoms with Crippen molar-refractivity contribution in [2.45, 2.75) is 6.92 Å². The minimum Gasteiger partial charge on any atom is -0.364 e. The molecule has 4 heteroatoms. The summed E-state index contributed by atoms with van der Waals surface area (Å²) >= 11 is 0. The molecule has 0 spiro atoms. The van der Waals surface area contributed by atoms with Crippen LogP contribution in [0.2, 0.25) is 0 Å². The van der Waals surface area contributed by atoms with Crippen molar-refractivity contribution in [1.82, 2.24) is 9.97 Å². The van der Waals surface area contributed by atoms with Crippen molar-refractivity contribution < 1.29 is 4.79 Å². The van der Waals surface area contributed by atoms with Crippen LogP contribution < -0.4 is 5.73 Å². The second kappa shape index (κ2) is 3.13. The van der Waals surface area contributed by atoms with E-state index >= 15 is 0 Å². The number of amides is 1. The molecule has 0 bridgehead atoms. The van der Waals surface area contributed by atoms with Crippen molar-refractivity contribution >= 4 is 11.5 Å². The maximum Gasteiger partial charge on any atom is 0.268 e. The van der Waals surface area contributed by atoms with Crippen molar-refractivity contribution in [2.75, 3.05) is 0 Å². The molecule has 1 amide bonds. The third kappa shape index (κ3) is 1.66. The highest BCUT2D eigenvalue weighted by Gasteiger charge is 2.02. The summed E-state index contributed by atoms with van der Waals surface area (Å²) in [5.74, 6) is -0.573. The lowest BCUT2D eigenvalue weighted by Gasteiger charge is -1.97. The molecule has 0 aliphatic rings. The Kier molecular flexibility index (Phi) is 2.19. The predicted molar refractivity (Wildman–Crippen MR) is 45.3 cm³/mol. The van der Waals surface area contributed by atoms with Crippen LogP contribution in [0.1, 0.15) is 23.1 Å². The first kappa shape index (κ1) is 8.39. The first-order chi connectivity index (χ1) is 5.61. The molecule has 0 aliphatic heterocycles. The number of nitrogens with zero attached hydrogens (tertiary/aromatic N) is 2. The number of carbonyl (C=O) groups excluding carboxylic acids is 1. The first-order valence-corrected chi connectivity index (χ1v) is 3.39. The summed E-state index contributed by atoms with van der Waals surface area (Å²) in [6.07, 6.45) is 2.81. The number of primary amides is 1. The summed E-state index contributed by atoms with van der Waals surface area (Å²) < 4.78 is 0. The van der Waals surface area contributed by atoms with Crippen LogP contribution in [0.3, 0.4) is 0 Å². The van der Waals surface area contributed by atoms with Gasteiger partial charge in [-0.15, -0.1) is 0 Å². The van der Waals surface area contributed by atoms with Gasteiger partial charge < -0.3 is 5.73 Å². The monoisotopic (exact) mass is 163 g/mol. The van der Waals surface area contributed by atoms with Crippen LogP contribution in [-0.2, 0) is 0 Å². The van der Waals surface area contributed by atoms with E-state index in [2.05, 4.69) is 16.5 Å². The number of hydrogen-bond donors (Lipinski definition) is 1. The molecule has 1 heterocycles. The van der Waals surface area contributed by atoms with E-state index in [1.165, 1.54) is 12.4 Å². The molecule has 1 rings (SSSR count). The molecule has 0 atom stereocenters. The maximum atomic E-state index is 10.6. The van der Waals surface area contributed by atoms with Gasteiger partial charge in [0, 0.05) is 0 Å². The van der Waals surface area contributed by atoms with Crippen LogP contribution in [0.25, 0.3) is 5.57 Å². The fourth-order valence-corrected chi connectivity index (χ4v) is 0.676. The molecular formula is C8H9N3O. The summed E-state index contributed by atoms with van der Waals surface area (Å²) in [4.78, 5) is 18.3. The minimum absolute atomic E-state index is 0.167. The van der Waals surface area contributed by atoms with E-state index in [9.17, 15) is 4.79 Å². The van der Waals surface area contributed by atoms with Gasteiger partial charge in [-0.2, -0.15) is 0 Å². The molecule has 62 valence electrons. The van der Waals surface area contributed by atoms with E-state index in [1.54, 1.807) is 0 Å². The van der Waals surface area contributed by atoms with Gasteiger partial charge in [0.2, 0.25) is 0 Å². The van der Waals surface area contributed by atoms with E-state index in [0.29, 0.717) is 5.69 Å². The Hall–Kier alpha value is -1.71. The Bertz CT molecular complexity index is 283. The molecule has 0 radical (unpaired) electrons. The zero-order valence-corrected chi connectivity index (χ0v) is 6.74. The van der Waals surface area contributed by atoms with Gasteiger partial charge in [-0.25, -0.2) is 4.98 Å². The van der Waals surface area contributed by atoms with Crippen molar-refractivity contribution in [3.8, 4) is 0 Å². The normalized spacial score (nSPS) is 9.42. The molecule has 1 aromatic rings. The zero-order chi connectivity index (χ0) is 9.14. The summed E-state index contributed by atoms with van der Waals surface area (Å²) in [6, 6.07) is 0. The van der Waals surface area contributed by atoms with Crippen LogP contribution in [-0.4, -0.2) is 15.9 Å². The topological polar surface area (TPSA) is 68.9 Å². The molecule has 0 aromatic carbocycles. The van der Waals surface area contributed by atoms with Gasteiger partial charge in [0.15, 0.2) is 0 Å². The van der Waals surface area contributed by atoms with Gasteiger partial charge in [0.05, 0.1) is 18.1 Å². The van der Waals surface area contributed by atoms with Gasteiger partial charge in [-0.3, -0.25) is 9.78 Å². The van der Waals surface area contributed by atoms with Crippen LogP contribution in [0.15, 0.2) is 19.0 Å². The number of rotatable bonds is 2. The summed E-state index contributed by atoms with van der Waals surface area (Å²) in [6.45, 7) is 5.49. The highest BCUT2D eigenvalue weighted by Crippen LogP contribution is 2.05. The van der Waals surface area contributed by atoms with E-state index < -0.39 is 5.91 Å². The van der Waals surface area contributed by atoms with Gasteiger partial charge >= 0.3 is 0 Å². The van der Waals surface area contributed by atoms with Crippen LogP contribution >= 0.6 is 0 Å². The lowest BCUT2D eigenvalue weighted by molar-refractivity contribution is 0.0995. The molecule has 12 heavy (non-hydrogen) atoms. The highest BCUT2D eigenvalue weighted by atomic mass is 16.1. The van der Waals surface area contributed by atoms with Gasteiger partial charge in [-0.05, 0) is 12.5 Å². The minimum atomic E-state index is -0.573. The van der Waals surface area contributed by atoms with Crippen molar-refractivity contribution in [3.05, 3.63) is 30.4 Å². The molecule has 4 nitrogen and oxygen atoms in total. The molecule has 2 N–H and O–H groups in total. The lowest BCUT2D eigenvalue weighted by atomic mass is 10.2. The summed E-state index contributed by atoms with van der Waals surface area (Å²) in [7, 11) is 0. The second-order valence-electron chi connectivity index (χ2n) is 2.43. The number of hydrogen-bond acceptors (Lipinski definition) is 3. The van der Waals surface area contributed by atoms with E-state index in [1.807, 2.05) is 6.92 Å². The molecule has 0 saturated heterocycles. The quantitative estimate of drug-likeness (QED) is 0.694. The van der Waals surface area contributed by atoms with Crippen molar-refractivity contribution in [1.29, 1.82) is 0 Å². The SMILES string of the molecule is C=C(C)c1cnc(C(N)=O)cn1. The number of allylic oxidation sites excluding steroid dienone is 1. The Morgan fingerprint density at radius 3 is 2.25 bits per heavy atom. The first-order valence-electron chi connectivity index (χ1n) is 3.39. The number of aromatic nitrogens is 2. The third-order valence-electron chi connectivity index (χ3n) is 1.34. The third-order valence-corrected chi connectivity index (χ3v) is 1.34. The molecule has 1 aromatic heterocycles. The second-order valence-corrected chi connectivity index (χ2v) is 2.43. The van der Waals surface area contributed by atoms with Crippen molar-refractivity contribution in [2.24, 2.45) is 5.73 Å². The Morgan fingerprint density at radius 1 is 1.42 bits per heavy atom. The molecule has 0 fully saturated rings. The highest BCUT2D eigenvalue weighted by molar-refractivity contribution is 5.90. The number of nitrogens with two attached hydrogens (primary N) is 1. The zero-order valence-electron chi connectivity index (χ0n) is 6.74. The Labute approximate surface area is 70.1 Å². The van der Waals surface area contributed by atoms with E-state index in [4.69, 9.17) is 5.73 Å². The van der Waals surface area contributed by atoms with Gasteiger partial charge in [0.25, 0.3) is 5.91 Å². The fraction of sp³-hybridized carbons (Fsp3) is 0.125. The van der Waals surface area contributed by atoms with Crippen LogP contribution in [0.5, 0.6) is 0 Å². The molecular weight excluding hydrogens is 154 g/mol. The van der Waals surface area contributed by atoms with E-state index in [0.717, 1.165) is 5.57 Å².